The van der Waals surface area contributed by atoms with Gasteiger partial charge in [0.1, 0.15) is 6.04 Å². The Balaban J connectivity index is 1.99. The number of nitrogens with zero attached hydrogens (tertiary/aromatic N) is 2. The summed E-state index contributed by atoms with van der Waals surface area (Å²) >= 11 is 0. The van der Waals surface area contributed by atoms with Crippen molar-refractivity contribution in [2.45, 2.75) is 31.8 Å². The fourth-order valence-electron chi connectivity index (χ4n) is 1.21. The Hall–Kier alpha value is -1.52. The molecular weight excluding hydrogens is 182 g/mol. The molecule has 0 spiro atoms. The minimum Gasteiger partial charge on any atom is -0.505 e. The molecule has 1 heterocycles. The maximum atomic E-state index is 11.5. The first-order valence-electron chi connectivity index (χ1n) is 4.70. The zero-order chi connectivity index (χ0) is 10.1. The summed E-state index contributed by atoms with van der Waals surface area (Å²) in [6.45, 7) is 1.75. The summed E-state index contributed by atoms with van der Waals surface area (Å²) in [6.07, 6.45) is 4.91. The molecule has 5 heteroatoms. The van der Waals surface area contributed by atoms with Crippen molar-refractivity contribution in [2.24, 2.45) is 0 Å². The molecule has 0 radical (unpaired) electrons. The Kier molecular flexibility index (Phi) is 2.15. The van der Waals surface area contributed by atoms with Gasteiger partial charge in [-0.15, -0.1) is 0 Å². The van der Waals surface area contributed by atoms with Crippen molar-refractivity contribution in [1.29, 1.82) is 0 Å². The lowest BCUT2D eigenvalue weighted by Crippen LogP contribution is -2.32. The van der Waals surface area contributed by atoms with Crippen LogP contribution in [0.15, 0.2) is 12.4 Å². The van der Waals surface area contributed by atoms with E-state index in [0.717, 1.165) is 12.8 Å². The number of hydrogen-bond donors (Lipinski definition) is 2. The molecule has 0 aromatic carbocycles. The Morgan fingerprint density at radius 2 is 2.50 bits per heavy atom. The number of aromatic nitrogens is 2. The summed E-state index contributed by atoms with van der Waals surface area (Å²) < 4.78 is 1.45. The van der Waals surface area contributed by atoms with E-state index >= 15 is 0 Å². The lowest BCUT2D eigenvalue weighted by atomic mass is 10.3. The third kappa shape index (κ3) is 1.86. The van der Waals surface area contributed by atoms with Gasteiger partial charge in [0.2, 0.25) is 5.91 Å². The van der Waals surface area contributed by atoms with Gasteiger partial charge in [-0.2, -0.15) is 5.10 Å². The van der Waals surface area contributed by atoms with Crippen LogP contribution >= 0.6 is 0 Å². The van der Waals surface area contributed by atoms with Crippen LogP contribution in [-0.4, -0.2) is 26.8 Å². The summed E-state index contributed by atoms with van der Waals surface area (Å²) in [7, 11) is 0. The predicted molar refractivity (Wildman–Crippen MR) is 49.8 cm³/mol. The molecular formula is C9H13N3O2. The quantitative estimate of drug-likeness (QED) is 0.734. The SMILES string of the molecule is CC(C(=O)NC1CC1)n1cc(O)cn1. The van der Waals surface area contributed by atoms with E-state index in [4.69, 9.17) is 5.11 Å². The number of aromatic hydroxyl groups is 1. The monoisotopic (exact) mass is 195 g/mol. The van der Waals surface area contributed by atoms with Crippen molar-refractivity contribution >= 4 is 5.91 Å². The van der Waals surface area contributed by atoms with Crippen LogP contribution in [0.4, 0.5) is 0 Å². The molecule has 1 atom stereocenters. The lowest BCUT2D eigenvalue weighted by molar-refractivity contribution is -0.124. The predicted octanol–water partition coefficient (Wildman–Crippen LogP) is 0.428. The standard InChI is InChI=1S/C9H13N3O2/c1-6(9(14)11-7-2-3-7)12-5-8(13)4-10-12/h4-7,13H,2-3H2,1H3,(H,11,14). The highest BCUT2D eigenvalue weighted by Crippen LogP contribution is 2.20. The number of nitrogens with one attached hydrogen (secondary N) is 1. The second kappa shape index (κ2) is 3.32. The van der Waals surface area contributed by atoms with Crippen molar-refractivity contribution in [3.8, 4) is 5.75 Å². The van der Waals surface area contributed by atoms with Crippen molar-refractivity contribution in [1.82, 2.24) is 15.1 Å². The van der Waals surface area contributed by atoms with Gasteiger partial charge in [0.05, 0.1) is 12.4 Å². The van der Waals surface area contributed by atoms with Gasteiger partial charge in [0.25, 0.3) is 0 Å². The molecule has 1 aliphatic carbocycles. The molecule has 14 heavy (non-hydrogen) atoms. The second-order valence-corrected chi connectivity index (χ2v) is 3.64. The molecule has 5 nitrogen and oxygen atoms in total. The Bertz CT molecular complexity index is 344. The first-order chi connectivity index (χ1) is 6.66. The van der Waals surface area contributed by atoms with E-state index in [1.54, 1.807) is 6.92 Å². The summed E-state index contributed by atoms with van der Waals surface area (Å²) in [6, 6.07) is -0.00870. The number of amides is 1. The molecule has 2 rings (SSSR count). The van der Waals surface area contributed by atoms with Gasteiger partial charge in [-0.05, 0) is 19.8 Å². The first kappa shape index (κ1) is 9.05. The van der Waals surface area contributed by atoms with Gasteiger partial charge in [-0.25, -0.2) is 0 Å². The minimum atomic E-state index is -0.364. The highest BCUT2D eigenvalue weighted by molar-refractivity contribution is 5.80. The van der Waals surface area contributed by atoms with Crippen LogP contribution in [0.25, 0.3) is 0 Å². The van der Waals surface area contributed by atoms with Gasteiger partial charge < -0.3 is 10.4 Å². The first-order valence-corrected chi connectivity index (χ1v) is 4.70. The summed E-state index contributed by atoms with van der Waals surface area (Å²) in [5.74, 6) is 0.0340. The van der Waals surface area contributed by atoms with Crippen molar-refractivity contribution in [3.05, 3.63) is 12.4 Å². The van der Waals surface area contributed by atoms with Gasteiger partial charge >= 0.3 is 0 Å². The van der Waals surface area contributed by atoms with Crippen LogP contribution in [0.1, 0.15) is 25.8 Å². The third-order valence-corrected chi connectivity index (χ3v) is 2.29. The van der Waals surface area contributed by atoms with E-state index in [-0.39, 0.29) is 17.7 Å². The Labute approximate surface area is 81.7 Å². The van der Waals surface area contributed by atoms with E-state index in [1.165, 1.54) is 17.1 Å². The fraction of sp³-hybridized carbons (Fsp3) is 0.556. The molecule has 0 aliphatic heterocycles. The number of rotatable bonds is 3. The molecule has 76 valence electrons. The van der Waals surface area contributed by atoms with Crippen molar-refractivity contribution in [3.63, 3.8) is 0 Å². The molecule has 2 N–H and O–H groups in total. The van der Waals surface area contributed by atoms with Crippen molar-refractivity contribution < 1.29 is 9.90 Å². The molecule has 1 aromatic heterocycles. The van der Waals surface area contributed by atoms with Crippen LogP contribution in [0.5, 0.6) is 5.75 Å². The summed E-state index contributed by atoms with van der Waals surface area (Å²) in [4.78, 5) is 11.5. The van der Waals surface area contributed by atoms with E-state index in [9.17, 15) is 4.79 Å². The molecule has 0 bridgehead atoms. The molecule has 1 unspecified atom stereocenters. The highest BCUT2D eigenvalue weighted by atomic mass is 16.3. The van der Waals surface area contributed by atoms with Gasteiger partial charge in [-0.1, -0.05) is 0 Å². The molecule has 1 fully saturated rings. The molecule has 1 aliphatic rings. The zero-order valence-electron chi connectivity index (χ0n) is 7.97. The van der Waals surface area contributed by atoms with Crippen LogP contribution < -0.4 is 5.32 Å². The summed E-state index contributed by atoms with van der Waals surface area (Å²) in [5, 5.41) is 15.8. The Morgan fingerprint density at radius 3 is 3.00 bits per heavy atom. The van der Waals surface area contributed by atoms with Crippen LogP contribution in [0.3, 0.4) is 0 Å². The Morgan fingerprint density at radius 1 is 1.79 bits per heavy atom. The summed E-state index contributed by atoms with van der Waals surface area (Å²) in [5.41, 5.74) is 0. The van der Waals surface area contributed by atoms with E-state index in [0.29, 0.717) is 6.04 Å². The van der Waals surface area contributed by atoms with E-state index in [1.807, 2.05) is 0 Å². The highest BCUT2D eigenvalue weighted by Gasteiger charge is 2.26. The second-order valence-electron chi connectivity index (χ2n) is 3.64. The van der Waals surface area contributed by atoms with Gasteiger partial charge in [0, 0.05) is 6.04 Å². The molecule has 1 aromatic rings. The average Bonchev–Trinajstić information content (AvgIpc) is 2.85. The molecule has 0 saturated heterocycles. The van der Waals surface area contributed by atoms with Crippen molar-refractivity contribution in [2.75, 3.05) is 0 Å². The third-order valence-electron chi connectivity index (χ3n) is 2.29. The average molecular weight is 195 g/mol. The zero-order valence-corrected chi connectivity index (χ0v) is 7.97. The minimum absolute atomic E-state index is 0.0457. The van der Waals surface area contributed by atoms with Gasteiger partial charge in [-0.3, -0.25) is 9.48 Å². The topological polar surface area (TPSA) is 67.2 Å². The molecule has 1 saturated carbocycles. The smallest absolute Gasteiger partial charge is 0.244 e. The maximum Gasteiger partial charge on any atom is 0.244 e. The van der Waals surface area contributed by atoms with E-state index in [2.05, 4.69) is 10.4 Å². The molecule has 1 amide bonds. The van der Waals surface area contributed by atoms with Crippen LogP contribution in [0, 0.1) is 0 Å². The number of carbonyl (C=O) groups is 1. The van der Waals surface area contributed by atoms with Crippen LogP contribution in [0.2, 0.25) is 0 Å². The van der Waals surface area contributed by atoms with Gasteiger partial charge in [0.15, 0.2) is 5.75 Å². The lowest BCUT2D eigenvalue weighted by Gasteiger charge is -2.11. The number of carbonyl (C=O) groups excluding carboxylic acids is 1. The van der Waals surface area contributed by atoms with E-state index < -0.39 is 0 Å². The largest absolute Gasteiger partial charge is 0.505 e. The fourth-order valence-corrected chi connectivity index (χ4v) is 1.21. The van der Waals surface area contributed by atoms with Crippen LogP contribution in [-0.2, 0) is 4.79 Å². The normalized spacial score (nSPS) is 17.8. The number of hydrogen-bond acceptors (Lipinski definition) is 3. The maximum absolute atomic E-state index is 11.5.